The Morgan fingerprint density at radius 1 is 1.70 bits per heavy atom. The van der Waals surface area contributed by atoms with Gasteiger partial charge in [0.15, 0.2) is 3.95 Å². The first kappa shape index (κ1) is 7.23. The molecule has 1 aromatic rings. The van der Waals surface area contributed by atoms with Crippen LogP contribution < -0.4 is 11.5 Å². The van der Waals surface area contributed by atoms with Gasteiger partial charge >= 0.3 is 0 Å². The molecule has 0 saturated carbocycles. The molecule has 1 rings (SSSR count). The first-order valence-electron chi connectivity index (χ1n) is 2.39. The van der Waals surface area contributed by atoms with Gasteiger partial charge in [-0.25, -0.2) is 0 Å². The molecule has 10 heavy (non-hydrogen) atoms. The molecule has 0 unspecified atom stereocenters. The molecule has 4 nitrogen and oxygen atoms in total. The lowest BCUT2D eigenvalue weighted by molar-refractivity contribution is 0.0997. The number of aromatic nitrogens is 1. The van der Waals surface area contributed by atoms with E-state index >= 15 is 0 Å². The molecule has 6 heteroatoms. The van der Waals surface area contributed by atoms with Crippen molar-refractivity contribution in [3.63, 3.8) is 0 Å². The minimum Gasteiger partial charge on any atom is -0.389 e. The normalized spacial score (nSPS) is 9.60. The third kappa shape index (κ3) is 1.17. The number of primary amides is 1. The van der Waals surface area contributed by atoms with Crippen LogP contribution in [0.3, 0.4) is 0 Å². The Bertz CT molecular complexity index is 313. The number of H-pyrrole nitrogens is 1. The Morgan fingerprint density at radius 2 is 2.30 bits per heavy atom. The SMILES string of the molecule is NC(=O)c1[nH]c(=S)sc1N. The number of nitrogen functional groups attached to an aromatic ring is 1. The Kier molecular flexibility index (Phi) is 1.73. The van der Waals surface area contributed by atoms with Crippen LogP contribution in [0.2, 0.25) is 0 Å². The van der Waals surface area contributed by atoms with E-state index in [1.807, 2.05) is 0 Å². The highest BCUT2D eigenvalue weighted by Gasteiger charge is 2.06. The third-order valence-electron chi connectivity index (χ3n) is 0.923. The van der Waals surface area contributed by atoms with E-state index in [0.717, 1.165) is 11.3 Å². The number of hydrogen-bond acceptors (Lipinski definition) is 4. The number of aromatic amines is 1. The smallest absolute Gasteiger partial charge is 0.268 e. The van der Waals surface area contributed by atoms with E-state index < -0.39 is 5.91 Å². The highest BCUT2D eigenvalue weighted by molar-refractivity contribution is 7.73. The summed E-state index contributed by atoms with van der Waals surface area (Å²) in [4.78, 5) is 13.1. The van der Waals surface area contributed by atoms with Crippen LogP contribution in [0.1, 0.15) is 10.5 Å². The number of carbonyl (C=O) groups excluding carboxylic acids is 1. The molecule has 1 heterocycles. The average Bonchev–Trinajstić information content (AvgIpc) is 2.10. The quantitative estimate of drug-likeness (QED) is 0.543. The molecule has 1 aromatic heterocycles. The van der Waals surface area contributed by atoms with Gasteiger partial charge in [0, 0.05) is 0 Å². The molecule has 0 spiro atoms. The second kappa shape index (κ2) is 2.39. The molecule has 0 aliphatic carbocycles. The molecule has 0 aliphatic heterocycles. The molecule has 5 N–H and O–H groups in total. The Balaban J connectivity index is 3.28. The highest BCUT2D eigenvalue weighted by Crippen LogP contribution is 2.16. The zero-order valence-electron chi connectivity index (χ0n) is 4.88. The number of carbonyl (C=O) groups is 1. The van der Waals surface area contributed by atoms with Gasteiger partial charge in [-0.3, -0.25) is 4.79 Å². The second-order valence-electron chi connectivity index (χ2n) is 1.62. The van der Waals surface area contributed by atoms with Gasteiger partial charge in [0.1, 0.15) is 10.7 Å². The van der Waals surface area contributed by atoms with Gasteiger partial charge in [0.2, 0.25) is 0 Å². The van der Waals surface area contributed by atoms with Crippen LogP contribution in [0.5, 0.6) is 0 Å². The topological polar surface area (TPSA) is 84.9 Å². The second-order valence-corrected chi connectivity index (χ2v) is 3.34. The van der Waals surface area contributed by atoms with Crippen molar-refractivity contribution in [3.05, 3.63) is 9.65 Å². The average molecular weight is 175 g/mol. The van der Waals surface area contributed by atoms with Crippen molar-refractivity contribution in [1.82, 2.24) is 4.98 Å². The standard InChI is InChI=1S/C4H5N3OS2/c5-2(8)1-3(6)10-4(9)7-1/h6H2,(H2,5,8)(H,7,9). The fraction of sp³-hybridized carbons (Fsp3) is 0. The monoisotopic (exact) mass is 175 g/mol. The maximum atomic E-state index is 10.5. The van der Waals surface area contributed by atoms with E-state index in [1.165, 1.54) is 0 Å². The van der Waals surface area contributed by atoms with Crippen LogP contribution in [0.15, 0.2) is 0 Å². The minimum absolute atomic E-state index is 0.204. The van der Waals surface area contributed by atoms with Crippen molar-refractivity contribution in [2.24, 2.45) is 5.73 Å². The number of thiazole rings is 1. The lowest BCUT2D eigenvalue weighted by Gasteiger charge is -1.87. The van der Waals surface area contributed by atoms with Crippen LogP contribution in [0.25, 0.3) is 0 Å². The molecule has 1 amide bonds. The Labute approximate surface area is 65.9 Å². The molecule has 0 atom stereocenters. The van der Waals surface area contributed by atoms with Crippen LogP contribution in [-0.2, 0) is 0 Å². The molecule has 54 valence electrons. The van der Waals surface area contributed by atoms with Crippen LogP contribution in [-0.4, -0.2) is 10.9 Å². The fourth-order valence-electron chi connectivity index (χ4n) is 0.523. The number of nitrogens with two attached hydrogens (primary N) is 2. The van der Waals surface area contributed by atoms with Crippen molar-refractivity contribution in [3.8, 4) is 0 Å². The summed E-state index contributed by atoms with van der Waals surface area (Å²) in [5, 5.41) is 0.345. The van der Waals surface area contributed by atoms with Crippen LogP contribution >= 0.6 is 23.6 Å². The summed E-state index contributed by atoms with van der Waals surface area (Å²) in [5.41, 5.74) is 10.5. The summed E-state index contributed by atoms with van der Waals surface area (Å²) in [5.74, 6) is -0.579. The van der Waals surface area contributed by atoms with E-state index in [9.17, 15) is 4.79 Å². The molecule has 0 fully saturated rings. The van der Waals surface area contributed by atoms with Crippen LogP contribution in [0, 0.1) is 3.95 Å². The van der Waals surface area contributed by atoms with E-state index in [0.29, 0.717) is 8.96 Å². The van der Waals surface area contributed by atoms with Crippen molar-refractivity contribution < 1.29 is 4.79 Å². The van der Waals surface area contributed by atoms with Gasteiger partial charge in [0.25, 0.3) is 5.91 Å². The molecule has 0 aliphatic rings. The van der Waals surface area contributed by atoms with Gasteiger partial charge in [-0.15, -0.1) is 0 Å². The van der Waals surface area contributed by atoms with E-state index in [4.69, 9.17) is 23.7 Å². The number of hydrogen-bond donors (Lipinski definition) is 3. The number of amides is 1. The van der Waals surface area contributed by atoms with Crippen LogP contribution in [0.4, 0.5) is 5.00 Å². The largest absolute Gasteiger partial charge is 0.389 e. The summed E-state index contributed by atoms with van der Waals surface area (Å²) in [6.45, 7) is 0. The maximum absolute atomic E-state index is 10.5. The summed E-state index contributed by atoms with van der Waals surface area (Å²) >= 11 is 5.85. The van der Waals surface area contributed by atoms with Gasteiger partial charge < -0.3 is 16.5 Å². The first-order valence-corrected chi connectivity index (χ1v) is 3.62. The fourth-order valence-corrected chi connectivity index (χ4v) is 1.50. The zero-order valence-corrected chi connectivity index (χ0v) is 6.51. The summed E-state index contributed by atoms with van der Waals surface area (Å²) in [6, 6.07) is 0. The predicted octanol–water partition coefficient (Wildman–Crippen LogP) is 0.487. The van der Waals surface area contributed by atoms with Crippen molar-refractivity contribution in [1.29, 1.82) is 0 Å². The molecular formula is C4H5N3OS2. The molecule has 0 aromatic carbocycles. The minimum atomic E-state index is -0.579. The number of nitrogens with one attached hydrogen (secondary N) is 1. The summed E-state index contributed by atoms with van der Waals surface area (Å²) in [6.07, 6.45) is 0. The summed E-state index contributed by atoms with van der Waals surface area (Å²) in [7, 11) is 0. The first-order chi connectivity index (χ1) is 4.61. The van der Waals surface area contributed by atoms with E-state index in [1.54, 1.807) is 0 Å². The predicted molar refractivity (Wildman–Crippen MR) is 42.4 cm³/mol. The third-order valence-corrected chi connectivity index (χ3v) is 1.99. The number of anilines is 1. The lowest BCUT2D eigenvalue weighted by Crippen LogP contribution is -2.12. The summed E-state index contributed by atoms with van der Waals surface area (Å²) < 4.78 is 0.464. The van der Waals surface area contributed by atoms with Gasteiger partial charge in [-0.05, 0) is 12.2 Å². The van der Waals surface area contributed by atoms with Gasteiger partial charge in [0.05, 0.1) is 0 Å². The highest BCUT2D eigenvalue weighted by atomic mass is 32.1. The van der Waals surface area contributed by atoms with Gasteiger partial charge in [-0.2, -0.15) is 0 Å². The van der Waals surface area contributed by atoms with Crippen molar-refractivity contribution in [2.75, 3.05) is 5.73 Å². The Morgan fingerprint density at radius 3 is 2.50 bits per heavy atom. The molecular weight excluding hydrogens is 170 g/mol. The zero-order chi connectivity index (χ0) is 7.72. The molecule has 0 radical (unpaired) electrons. The lowest BCUT2D eigenvalue weighted by atomic mass is 10.4. The number of rotatable bonds is 1. The van der Waals surface area contributed by atoms with Gasteiger partial charge in [-0.1, -0.05) is 11.3 Å². The van der Waals surface area contributed by atoms with Crippen molar-refractivity contribution in [2.45, 2.75) is 0 Å². The van der Waals surface area contributed by atoms with E-state index in [-0.39, 0.29) is 5.69 Å². The maximum Gasteiger partial charge on any atom is 0.268 e. The molecule has 0 saturated heterocycles. The Hall–Kier alpha value is -0.880. The molecule has 0 bridgehead atoms. The van der Waals surface area contributed by atoms with E-state index in [2.05, 4.69) is 4.98 Å². The van der Waals surface area contributed by atoms with Crippen molar-refractivity contribution >= 4 is 34.5 Å².